The zero-order valence-electron chi connectivity index (χ0n) is 18.8. The third kappa shape index (κ3) is 3.47. The molecule has 158 valence electrons. The fraction of sp³-hybridized carbons (Fsp3) is 0.0938. The number of benzene rings is 4. The molecule has 1 aromatic heterocycles. The highest BCUT2D eigenvalue weighted by Crippen LogP contribution is 2.39. The average molecular weight is 425 g/mol. The van der Waals surface area contributed by atoms with Crippen LogP contribution in [-0.4, -0.2) is 0 Å². The molecule has 0 atom stereocenters. The summed E-state index contributed by atoms with van der Waals surface area (Å²) in [6.45, 7) is 2.15. The quantitative estimate of drug-likeness (QED) is 0.266. The van der Waals surface area contributed by atoms with Crippen molar-refractivity contribution in [2.75, 3.05) is 0 Å². The molecule has 6 rings (SSSR count). The van der Waals surface area contributed by atoms with E-state index in [0.717, 1.165) is 12.8 Å². The first kappa shape index (κ1) is 19.7. The van der Waals surface area contributed by atoms with E-state index in [-0.39, 0.29) is 0 Å². The third-order valence-electron chi connectivity index (χ3n) is 6.72. The van der Waals surface area contributed by atoms with Gasteiger partial charge in [0.1, 0.15) is 0 Å². The summed E-state index contributed by atoms with van der Waals surface area (Å²) in [4.78, 5) is 0. The molecule has 1 heterocycles. The Bertz CT molecular complexity index is 1430. The predicted molar refractivity (Wildman–Crippen MR) is 136 cm³/mol. The highest BCUT2D eigenvalue weighted by Gasteiger charge is 2.33. The van der Waals surface area contributed by atoms with Crippen molar-refractivity contribution >= 4 is 0 Å². The van der Waals surface area contributed by atoms with Gasteiger partial charge in [0, 0.05) is 29.3 Å². The summed E-state index contributed by atoms with van der Waals surface area (Å²) in [7, 11) is 0. The highest BCUT2D eigenvalue weighted by atomic mass is 15.0. The van der Waals surface area contributed by atoms with Gasteiger partial charge < -0.3 is 0 Å². The summed E-state index contributed by atoms with van der Waals surface area (Å²) in [5.41, 5.74) is 13.0. The smallest absolute Gasteiger partial charge is 0.153 e. The molecule has 0 saturated heterocycles. The summed E-state index contributed by atoms with van der Waals surface area (Å²) >= 11 is 0. The maximum absolute atomic E-state index is 2.48. The van der Waals surface area contributed by atoms with E-state index >= 15 is 0 Å². The van der Waals surface area contributed by atoms with E-state index in [4.69, 9.17) is 0 Å². The molecule has 0 bridgehead atoms. The Labute approximate surface area is 195 Å². The molecule has 33 heavy (non-hydrogen) atoms. The molecule has 0 radical (unpaired) electrons. The van der Waals surface area contributed by atoms with Crippen molar-refractivity contribution in [3.05, 3.63) is 132 Å². The molecule has 0 fully saturated rings. The van der Waals surface area contributed by atoms with Gasteiger partial charge in [-0.15, -0.1) is 0 Å². The van der Waals surface area contributed by atoms with Crippen LogP contribution >= 0.6 is 0 Å². The van der Waals surface area contributed by atoms with E-state index in [2.05, 4.69) is 127 Å². The van der Waals surface area contributed by atoms with E-state index in [9.17, 15) is 0 Å². The van der Waals surface area contributed by atoms with Gasteiger partial charge in [0.05, 0.1) is 5.56 Å². The minimum absolute atomic E-state index is 1.04. The van der Waals surface area contributed by atoms with Crippen molar-refractivity contribution in [2.45, 2.75) is 19.8 Å². The maximum Gasteiger partial charge on any atom is 0.223 e. The molecule has 1 heteroatoms. The molecule has 0 amide bonds. The Kier molecular flexibility index (Phi) is 4.88. The van der Waals surface area contributed by atoms with Crippen molar-refractivity contribution in [2.24, 2.45) is 0 Å². The minimum Gasteiger partial charge on any atom is -0.153 e. The van der Waals surface area contributed by atoms with E-state index in [0.29, 0.717) is 0 Å². The summed E-state index contributed by atoms with van der Waals surface area (Å²) in [5.74, 6) is 0. The van der Waals surface area contributed by atoms with Gasteiger partial charge in [-0.2, -0.15) is 4.57 Å². The molecule has 1 aliphatic rings. The molecular weight excluding hydrogens is 398 g/mol. The maximum atomic E-state index is 2.48. The average Bonchev–Trinajstić information content (AvgIpc) is 2.89. The Morgan fingerprint density at radius 2 is 1.21 bits per heavy atom. The first-order valence-corrected chi connectivity index (χ1v) is 11.7. The molecule has 0 unspecified atom stereocenters. The molecule has 1 aliphatic carbocycles. The number of rotatable bonds is 3. The Hall–Kier alpha value is -3.97. The topological polar surface area (TPSA) is 3.88 Å². The Morgan fingerprint density at radius 1 is 0.576 bits per heavy atom. The summed E-state index contributed by atoms with van der Waals surface area (Å²) in [5, 5.41) is 0. The van der Waals surface area contributed by atoms with Gasteiger partial charge in [-0.3, -0.25) is 0 Å². The molecule has 5 aromatic rings. The van der Waals surface area contributed by atoms with Crippen LogP contribution in [0.3, 0.4) is 0 Å². The fourth-order valence-corrected chi connectivity index (χ4v) is 5.10. The van der Waals surface area contributed by atoms with Gasteiger partial charge in [-0.1, -0.05) is 84.4 Å². The molecule has 4 aromatic carbocycles. The molecule has 0 N–H and O–H groups in total. The minimum atomic E-state index is 1.04. The van der Waals surface area contributed by atoms with Crippen LogP contribution in [0.5, 0.6) is 0 Å². The second kappa shape index (κ2) is 8.18. The number of aromatic nitrogens is 1. The summed E-state index contributed by atoms with van der Waals surface area (Å²) in [6.07, 6.45) is 2.11. The van der Waals surface area contributed by atoms with Crippen molar-refractivity contribution in [3.8, 4) is 39.3 Å². The number of fused-ring (bicyclic) bond motifs is 3. The zero-order valence-corrected chi connectivity index (χ0v) is 18.8. The number of hydrogen-bond donors (Lipinski definition) is 0. The van der Waals surface area contributed by atoms with Crippen molar-refractivity contribution in [3.63, 3.8) is 0 Å². The van der Waals surface area contributed by atoms with Crippen LogP contribution in [0.1, 0.15) is 16.7 Å². The standard InChI is InChI=1S/C32H26N/c1-23-16-19-27(20-17-23)33-31(26-13-6-3-7-14-26)22-30(24-10-4-2-5-11-24)29-21-18-25-12-8-9-15-28(25)32(29)33/h2-17,19-20,22H,18,21H2,1H3/q+1. The predicted octanol–water partition coefficient (Wildman–Crippen LogP) is 7.37. The number of hydrogen-bond acceptors (Lipinski definition) is 0. The lowest BCUT2D eigenvalue weighted by molar-refractivity contribution is -0.572. The first-order chi connectivity index (χ1) is 16.3. The van der Waals surface area contributed by atoms with Crippen LogP contribution in [-0.2, 0) is 12.8 Å². The lowest BCUT2D eigenvalue weighted by Crippen LogP contribution is -2.39. The zero-order chi connectivity index (χ0) is 22.2. The van der Waals surface area contributed by atoms with Gasteiger partial charge >= 0.3 is 0 Å². The third-order valence-corrected chi connectivity index (χ3v) is 6.72. The summed E-state index contributed by atoms with van der Waals surface area (Å²) in [6, 6.07) is 41.9. The van der Waals surface area contributed by atoms with Gasteiger partial charge in [0.2, 0.25) is 17.1 Å². The largest absolute Gasteiger partial charge is 0.223 e. The second-order valence-electron chi connectivity index (χ2n) is 8.83. The van der Waals surface area contributed by atoms with Crippen molar-refractivity contribution < 1.29 is 4.57 Å². The molecule has 1 nitrogen and oxygen atoms in total. The lowest BCUT2D eigenvalue weighted by Gasteiger charge is -2.23. The van der Waals surface area contributed by atoms with E-state index in [1.54, 1.807) is 0 Å². The van der Waals surface area contributed by atoms with Crippen molar-refractivity contribution in [1.82, 2.24) is 0 Å². The molecular formula is C32H26N+. The fourth-order valence-electron chi connectivity index (χ4n) is 5.10. The van der Waals surface area contributed by atoms with Crippen molar-refractivity contribution in [1.29, 1.82) is 0 Å². The van der Waals surface area contributed by atoms with Gasteiger partial charge in [0.25, 0.3) is 0 Å². The Morgan fingerprint density at radius 3 is 1.94 bits per heavy atom. The number of pyridine rings is 1. The molecule has 0 aliphatic heterocycles. The van der Waals surface area contributed by atoms with Gasteiger partial charge in [0.15, 0.2) is 0 Å². The normalized spacial score (nSPS) is 12.2. The van der Waals surface area contributed by atoms with E-state index in [1.807, 2.05) is 0 Å². The summed E-state index contributed by atoms with van der Waals surface area (Å²) < 4.78 is 2.48. The molecule has 0 spiro atoms. The highest BCUT2D eigenvalue weighted by molar-refractivity contribution is 5.81. The van der Waals surface area contributed by atoms with Crippen LogP contribution < -0.4 is 4.57 Å². The van der Waals surface area contributed by atoms with E-state index < -0.39 is 0 Å². The lowest BCUT2D eigenvalue weighted by atomic mass is 9.83. The van der Waals surface area contributed by atoms with Crippen LogP contribution in [0, 0.1) is 6.92 Å². The van der Waals surface area contributed by atoms with Gasteiger partial charge in [-0.05, 0) is 54.7 Å². The first-order valence-electron chi connectivity index (χ1n) is 11.7. The number of aryl methyl sites for hydroxylation is 2. The molecule has 0 saturated carbocycles. The van der Waals surface area contributed by atoms with Crippen LogP contribution in [0.4, 0.5) is 0 Å². The van der Waals surface area contributed by atoms with Gasteiger partial charge in [-0.25, -0.2) is 0 Å². The Balaban J connectivity index is 1.77. The van der Waals surface area contributed by atoms with Crippen LogP contribution in [0.15, 0.2) is 115 Å². The monoisotopic (exact) mass is 424 g/mol. The van der Waals surface area contributed by atoms with E-state index in [1.165, 1.54) is 56.0 Å². The number of nitrogens with zero attached hydrogens (tertiary/aromatic N) is 1. The van der Waals surface area contributed by atoms with Crippen LogP contribution in [0.25, 0.3) is 39.3 Å². The second-order valence-corrected chi connectivity index (χ2v) is 8.83. The van der Waals surface area contributed by atoms with Crippen LogP contribution in [0.2, 0.25) is 0 Å². The SMILES string of the molecule is Cc1ccc(-[n+]2c(-c3ccccc3)cc(-c3ccccc3)c3c2-c2ccccc2CC3)cc1.